The fourth-order valence-corrected chi connectivity index (χ4v) is 4.02. The highest BCUT2D eigenvalue weighted by molar-refractivity contribution is 6.05. The maximum atomic E-state index is 3.75. The Labute approximate surface area is 209 Å². The van der Waals surface area contributed by atoms with Crippen LogP contribution in [0.2, 0.25) is 0 Å². The fraction of sp³-hybridized carbons (Fsp3) is 0.562. The van der Waals surface area contributed by atoms with Gasteiger partial charge in [-0.25, -0.2) is 0 Å². The first-order valence-electron chi connectivity index (χ1n) is 13.8. The Morgan fingerprint density at radius 1 is 0.529 bits per heavy atom. The zero-order chi connectivity index (χ0) is 24.4. The van der Waals surface area contributed by atoms with Crippen molar-refractivity contribution in [2.24, 2.45) is 0 Å². The zero-order valence-electron chi connectivity index (χ0n) is 22.2. The molecular formula is C32H46N2. The Balaban J connectivity index is 2.50. The Morgan fingerprint density at radius 3 is 1.32 bits per heavy atom. The molecule has 0 amide bonds. The zero-order valence-corrected chi connectivity index (χ0v) is 22.2. The van der Waals surface area contributed by atoms with Crippen molar-refractivity contribution < 1.29 is 0 Å². The maximum Gasteiger partial charge on any atom is 0.0579 e. The van der Waals surface area contributed by atoms with Gasteiger partial charge >= 0.3 is 0 Å². The third kappa shape index (κ3) is 8.99. The summed E-state index contributed by atoms with van der Waals surface area (Å²) in [6.45, 7) is 10.9. The van der Waals surface area contributed by atoms with Gasteiger partial charge in [0.1, 0.15) is 0 Å². The molecule has 0 atom stereocenters. The standard InChI is InChI=1S/C32H46N2/c1-5-9-13-15-19-27-21-23-30-29(31(27)33-25-17-11-7-3)24-22-28(20-16-14-10-6-2)32(30)34-26-18-12-8-4/h21-24,33-34H,5-14,17-18,25-26H2,1-4H3. The lowest BCUT2D eigenvalue weighted by Crippen LogP contribution is -2.07. The summed E-state index contributed by atoms with van der Waals surface area (Å²) in [5, 5.41) is 9.99. The van der Waals surface area contributed by atoms with Gasteiger partial charge in [-0.15, -0.1) is 0 Å². The Bertz CT molecular complexity index is 900. The van der Waals surface area contributed by atoms with Crippen LogP contribution < -0.4 is 10.6 Å². The van der Waals surface area contributed by atoms with Gasteiger partial charge in [-0.05, 0) is 37.8 Å². The van der Waals surface area contributed by atoms with E-state index in [-0.39, 0.29) is 0 Å². The van der Waals surface area contributed by atoms with E-state index >= 15 is 0 Å². The predicted molar refractivity (Wildman–Crippen MR) is 153 cm³/mol. The van der Waals surface area contributed by atoms with Crippen molar-refractivity contribution in [3.05, 3.63) is 35.4 Å². The van der Waals surface area contributed by atoms with Crippen molar-refractivity contribution in [2.75, 3.05) is 23.7 Å². The quantitative estimate of drug-likeness (QED) is 0.218. The van der Waals surface area contributed by atoms with Crippen molar-refractivity contribution in [3.8, 4) is 23.7 Å². The van der Waals surface area contributed by atoms with Gasteiger partial charge < -0.3 is 10.6 Å². The van der Waals surface area contributed by atoms with Crippen LogP contribution >= 0.6 is 0 Å². The molecule has 2 rings (SSSR count). The summed E-state index contributed by atoms with van der Waals surface area (Å²) >= 11 is 0. The van der Waals surface area contributed by atoms with E-state index in [0.717, 1.165) is 49.9 Å². The van der Waals surface area contributed by atoms with Crippen molar-refractivity contribution in [1.82, 2.24) is 0 Å². The molecule has 0 aliphatic heterocycles. The summed E-state index contributed by atoms with van der Waals surface area (Å²) in [5.41, 5.74) is 4.58. The lowest BCUT2D eigenvalue weighted by Gasteiger charge is -2.17. The van der Waals surface area contributed by atoms with Crippen LogP contribution in [0, 0.1) is 23.7 Å². The number of fused-ring (bicyclic) bond motifs is 1. The molecule has 0 aliphatic rings. The van der Waals surface area contributed by atoms with Crippen molar-refractivity contribution in [3.63, 3.8) is 0 Å². The van der Waals surface area contributed by atoms with Gasteiger partial charge in [0.05, 0.1) is 11.4 Å². The van der Waals surface area contributed by atoms with Crippen LogP contribution in [0.25, 0.3) is 10.8 Å². The van der Waals surface area contributed by atoms with Crippen LogP contribution in [-0.2, 0) is 0 Å². The summed E-state index contributed by atoms with van der Waals surface area (Å²) in [4.78, 5) is 0. The third-order valence-electron chi connectivity index (χ3n) is 6.12. The minimum absolute atomic E-state index is 0.959. The molecular weight excluding hydrogens is 412 g/mol. The maximum absolute atomic E-state index is 3.75. The molecule has 0 saturated carbocycles. The molecule has 34 heavy (non-hydrogen) atoms. The van der Waals surface area contributed by atoms with Crippen molar-refractivity contribution >= 4 is 22.1 Å². The molecule has 0 saturated heterocycles. The lowest BCUT2D eigenvalue weighted by molar-refractivity contribution is 0.744. The van der Waals surface area contributed by atoms with E-state index in [1.807, 2.05) is 0 Å². The van der Waals surface area contributed by atoms with Crippen LogP contribution in [0.4, 0.5) is 11.4 Å². The molecule has 2 aromatic carbocycles. The first-order valence-corrected chi connectivity index (χ1v) is 13.8. The number of hydrogen-bond acceptors (Lipinski definition) is 2. The highest BCUT2D eigenvalue weighted by atomic mass is 14.9. The minimum Gasteiger partial charge on any atom is -0.384 e. The molecule has 2 N–H and O–H groups in total. The summed E-state index contributed by atoms with van der Waals surface area (Å²) in [7, 11) is 0. The van der Waals surface area contributed by atoms with E-state index in [1.54, 1.807) is 0 Å². The van der Waals surface area contributed by atoms with E-state index < -0.39 is 0 Å². The average molecular weight is 459 g/mol. The predicted octanol–water partition coefficient (Wildman–Crippen LogP) is 9.13. The van der Waals surface area contributed by atoms with Crippen LogP contribution in [0.1, 0.15) is 116 Å². The average Bonchev–Trinajstić information content (AvgIpc) is 2.86. The molecule has 0 bridgehead atoms. The van der Waals surface area contributed by atoms with Crippen LogP contribution in [0.5, 0.6) is 0 Å². The van der Waals surface area contributed by atoms with Gasteiger partial charge in [-0.3, -0.25) is 0 Å². The molecule has 0 fully saturated rings. The smallest absolute Gasteiger partial charge is 0.0579 e. The van der Waals surface area contributed by atoms with Crippen LogP contribution in [-0.4, -0.2) is 13.1 Å². The van der Waals surface area contributed by atoms with Gasteiger partial charge in [-0.2, -0.15) is 0 Å². The van der Waals surface area contributed by atoms with Gasteiger partial charge in [0.25, 0.3) is 0 Å². The van der Waals surface area contributed by atoms with E-state index in [9.17, 15) is 0 Å². The minimum atomic E-state index is 0.959. The molecule has 0 spiro atoms. The highest BCUT2D eigenvalue weighted by Gasteiger charge is 2.12. The number of hydrogen-bond donors (Lipinski definition) is 2. The lowest BCUT2D eigenvalue weighted by atomic mass is 9.98. The van der Waals surface area contributed by atoms with Crippen LogP contribution in [0.3, 0.4) is 0 Å². The molecule has 0 radical (unpaired) electrons. The monoisotopic (exact) mass is 458 g/mol. The fourth-order valence-electron chi connectivity index (χ4n) is 4.02. The van der Waals surface area contributed by atoms with Gasteiger partial charge in [0.15, 0.2) is 0 Å². The molecule has 2 heteroatoms. The first-order chi connectivity index (χ1) is 16.8. The second kappa shape index (κ2) is 16.9. The molecule has 0 unspecified atom stereocenters. The van der Waals surface area contributed by atoms with E-state index in [1.165, 1.54) is 73.5 Å². The van der Waals surface area contributed by atoms with Gasteiger partial charge in [0, 0.05) is 47.8 Å². The largest absolute Gasteiger partial charge is 0.384 e. The summed E-state index contributed by atoms with van der Waals surface area (Å²) in [6.07, 6.45) is 13.9. The number of anilines is 2. The number of rotatable bonds is 14. The Hall–Kier alpha value is -2.58. The van der Waals surface area contributed by atoms with Crippen molar-refractivity contribution in [1.29, 1.82) is 0 Å². The molecule has 0 heterocycles. The molecule has 2 nitrogen and oxygen atoms in total. The van der Waals surface area contributed by atoms with Crippen molar-refractivity contribution in [2.45, 2.75) is 105 Å². The van der Waals surface area contributed by atoms with E-state index in [0.29, 0.717) is 0 Å². The van der Waals surface area contributed by atoms with Gasteiger partial charge in [-0.1, -0.05) is 102 Å². The molecule has 0 aromatic heterocycles. The number of benzene rings is 2. The molecule has 2 aromatic rings. The number of unbranched alkanes of at least 4 members (excludes halogenated alkanes) is 8. The third-order valence-corrected chi connectivity index (χ3v) is 6.12. The normalized spacial score (nSPS) is 10.4. The summed E-state index contributed by atoms with van der Waals surface area (Å²) < 4.78 is 0. The Kier molecular flexibility index (Phi) is 13.8. The molecule has 184 valence electrons. The summed E-state index contributed by atoms with van der Waals surface area (Å²) in [5.74, 6) is 13.7. The summed E-state index contributed by atoms with van der Waals surface area (Å²) in [6, 6.07) is 8.90. The topological polar surface area (TPSA) is 24.1 Å². The van der Waals surface area contributed by atoms with E-state index in [2.05, 4.69) is 86.3 Å². The first kappa shape index (κ1) is 27.7. The van der Waals surface area contributed by atoms with Gasteiger partial charge in [0.2, 0.25) is 0 Å². The second-order valence-corrected chi connectivity index (χ2v) is 9.15. The Morgan fingerprint density at radius 2 is 0.941 bits per heavy atom. The van der Waals surface area contributed by atoms with Crippen LogP contribution in [0.15, 0.2) is 24.3 Å². The SMILES string of the molecule is CCCCC#Cc1ccc2c(NCCCCC)c(C#CCCCC)ccc2c1NCCCCC. The second-order valence-electron chi connectivity index (χ2n) is 9.15. The van der Waals surface area contributed by atoms with E-state index in [4.69, 9.17) is 0 Å². The number of nitrogens with one attached hydrogen (secondary N) is 2. The molecule has 0 aliphatic carbocycles. The highest BCUT2D eigenvalue weighted by Crippen LogP contribution is 2.34.